The van der Waals surface area contributed by atoms with Gasteiger partial charge >= 0.3 is 0 Å². The molecule has 6 heteroatoms. The molecule has 1 saturated heterocycles. The van der Waals surface area contributed by atoms with Gasteiger partial charge in [-0.1, -0.05) is 5.16 Å². The first kappa shape index (κ1) is 19.2. The first-order valence-corrected chi connectivity index (χ1v) is 9.81. The van der Waals surface area contributed by atoms with E-state index in [2.05, 4.69) is 10.1 Å². The summed E-state index contributed by atoms with van der Waals surface area (Å²) >= 11 is 0. The number of morpholine rings is 1. The van der Waals surface area contributed by atoms with E-state index in [0.29, 0.717) is 5.56 Å². The summed E-state index contributed by atoms with van der Waals surface area (Å²) in [6.45, 7) is 9.15. The van der Waals surface area contributed by atoms with E-state index in [9.17, 15) is 4.79 Å². The number of ether oxygens (including phenoxy) is 1. The molecule has 29 heavy (non-hydrogen) atoms. The van der Waals surface area contributed by atoms with Gasteiger partial charge in [-0.3, -0.25) is 9.36 Å². The van der Waals surface area contributed by atoms with Gasteiger partial charge in [0.1, 0.15) is 5.76 Å². The minimum atomic E-state index is -0.0133. The van der Waals surface area contributed by atoms with Crippen LogP contribution in [-0.2, 0) is 4.74 Å². The van der Waals surface area contributed by atoms with Crippen LogP contribution in [0.3, 0.4) is 0 Å². The topological polar surface area (TPSA) is 60.5 Å². The third-order valence-electron chi connectivity index (χ3n) is 5.26. The largest absolute Gasteiger partial charge is 0.378 e. The summed E-state index contributed by atoms with van der Waals surface area (Å²) < 4.78 is 12.6. The summed E-state index contributed by atoms with van der Waals surface area (Å²) in [6, 6.07) is 11.7. The molecule has 1 fully saturated rings. The lowest BCUT2D eigenvalue weighted by atomic mass is 10.1. The van der Waals surface area contributed by atoms with E-state index in [1.165, 1.54) is 0 Å². The van der Waals surface area contributed by atoms with E-state index in [1.54, 1.807) is 6.08 Å². The van der Waals surface area contributed by atoms with Crippen LogP contribution in [0.2, 0.25) is 0 Å². The van der Waals surface area contributed by atoms with Crippen molar-refractivity contribution in [3.63, 3.8) is 0 Å². The van der Waals surface area contributed by atoms with Gasteiger partial charge in [0.2, 0.25) is 0 Å². The Kier molecular flexibility index (Phi) is 5.36. The molecule has 2 aromatic heterocycles. The normalized spacial score (nSPS) is 14.7. The second-order valence-electron chi connectivity index (χ2n) is 7.30. The van der Waals surface area contributed by atoms with Gasteiger partial charge in [-0.15, -0.1) is 0 Å². The van der Waals surface area contributed by atoms with Gasteiger partial charge in [0.05, 0.1) is 13.2 Å². The zero-order valence-electron chi connectivity index (χ0n) is 17.0. The van der Waals surface area contributed by atoms with E-state index in [1.807, 2.05) is 67.8 Å². The van der Waals surface area contributed by atoms with Gasteiger partial charge in [-0.05, 0) is 68.8 Å². The molecule has 3 heterocycles. The molecule has 0 unspecified atom stereocenters. The standard InChI is InChI=1S/C23H25N3O3/c1-16-14-20(18(3)26(16)23-15-17(2)29-24-23)6-9-22(27)19-4-7-21(8-5-19)25-10-12-28-13-11-25/h4-9,14-15H,10-13H2,1-3H3/b9-6+. The fourth-order valence-electron chi connectivity index (χ4n) is 3.69. The molecular weight excluding hydrogens is 366 g/mol. The summed E-state index contributed by atoms with van der Waals surface area (Å²) in [5, 5.41) is 4.10. The minimum absolute atomic E-state index is 0.0133. The van der Waals surface area contributed by atoms with Crippen LogP contribution < -0.4 is 4.90 Å². The van der Waals surface area contributed by atoms with Gasteiger partial charge < -0.3 is 14.2 Å². The first-order valence-electron chi connectivity index (χ1n) is 9.81. The smallest absolute Gasteiger partial charge is 0.185 e. The number of rotatable bonds is 5. The summed E-state index contributed by atoms with van der Waals surface area (Å²) in [6.07, 6.45) is 3.49. The second-order valence-corrected chi connectivity index (χ2v) is 7.30. The molecule has 4 rings (SSSR count). The van der Waals surface area contributed by atoms with Crippen molar-refractivity contribution < 1.29 is 14.1 Å². The summed E-state index contributed by atoms with van der Waals surface area (Å²) in [5.74, 6) is 1.50. The van der Waals surface area contributed by atoms with Gasteiger partial charge in [0, 0.05) is 41.8 Å². The monoisotopic (exact) mass is 391 g/mol. The molecule has 1 aliphatic rings. The van der Waals surface area contributed by atoms with Crippen LogP contribution >= 0.6 is 0 Å². The number of hydrogen-bond donors (Lipinski definition) is 0. The van der Waals surface area contributed by atoms with Gasteiger partial charge in [-0.25, -0.2) is 0 Å². The van der Waals surface area contributed by atoms with Crippen LogP contribution in [0.5, 0.6) is 0 Å². The molecule has 0 atom stereocenters. The quantitative estimate of drug-likeness (QED) is 0.484. The highest BCUT2D eigenvalue weighted by Gasteiger charge is 2.13. The van der Waals surface area contributed by atoms with Crippen molar-refractivity contribution in [3.8, 4) is 5.82 Å². The van der Waals surface area contributed by atoms with Crippen LogP contribution in [0.15, 0.2) is 47.0 Å². The van der Waals surface area contributed by atoms with Crippen molar-refractivity contribution in [1.82, 2.24) is 9.72 Å². The Hall–Kier alpha value is -3.12. The lowest BCUT2D eigenvalue weighted by Gasteiger charge is -2.28. The summed E-state index contributed by atoms with van der Waals surface area (Å²) in [5.41, 5.74) is 4.85. The molecule has 150 valence electrons. The lowest BCUT2D eigenvalue weighted by molar-refractivity contribution is 0.104. The van der Waals surface area contributed by atoms with Crippen molar-refractivity contribution in [2.75, 3.05) is 31.2 Å². The van der Waals surface area contributed by atoms with Gasteiger partial charge in [0.15, 0.2) is 11.6 Å². The molecule has 0 N–H and O–H groups in total. The van der Waals surface area contributed by atoms with Crippen LogP contribution in [0.4, 0.5) is 5.69 Å². The van der Waals surface area contributed by atoms with Crippen LogP contribution in [0.25, 0.3) is 11.9 Å². The minimum Gasteiger partial charge on any atom is -0.378 e. The number of carbonyl (C=O) groups is 1. The number of carbonyl (C=O) groups excluding carboxylic acids is 1. The van der Waals surface area contributed by atoms with Crippen LogP contribution in [-0.4, -0.2) is 41.8 Å². The predicted octanol–water partition coefficient (Wildman–Crippen LogP) is 4.12. The SMILES string of the molecule is Cc1cc(-n2c(C)cc(/C=C/C(=O)c3ccc(N4CCOCC4)cc3)c2C)no1. The molecular formula is C23H25N3O3. The Morgan fingerprint density at radius 3 is 2.45 bits per heavy atom. The average molecular weight is 391 g/mol. The number of anilines is 1. The highest BCUT2D eigenvalue weighted by Crippen LogP contribution is 2.22. The van der Waals surface area contributed by atoms with Crippen molar-refractivity contribution in [2.24, 2.45) is 0 Å². The molecule has 6 nitrogen and oxygen atoms in total. The molecule has 0 saturated carbocycles. The molecule has 0 amide bonds. The Bertz CT molecular complexity index is 1040. The lowest BCUT2D eigenvalue weighted by Crippen LogP contribution is -2.36. The highest BCUT2D eigenvalue weighted by molar-refractivity contribution is 6.07. The fraction of sp³-hybridized carbons (Fsp3) is 0.304. The number of allylic oxidation sites excluding steroid dienone is 1. The molecule has 0 bridgehead atoms. The van der Waals surface area contributed by atoms with Gasteiger partial charge in [0.25, 0.3) is 0 Å². The fourth-order valence-corrected chi connectivity index (χ4v) is 3.69. The van der Waals surface area contributed by atoms with Crippen LogP contribution in [0.1, 0.15) is 33.1 Å². The molecule has 1 aliphatic heterocycles. The highest BCUT2D eigenvalue weighted by atomic mass is 16.5. The van der Waals surface area contributed by atoms with Crippen molar-refractivity contribution in [1.29, 1.82) is 0 Å². The predicted molar refractivity (Wildman–Crippen MR) is 113 cm³/mol. The van der Waals surface area contributed by atoms with Crippen molar-refractivity contribution in [2.45, 2.75) is 20.8 Å². The second kappa shape index (κ2) is 8.09. The molecule has 0 spiro atoms. The van der Waals surface area contributed by atoms with E-state index < -0.39 is 0 Å². The molecule has 0 aliphatic carbocycles. The molecule has 3 aromatic rings. The van der Waals surface area contributed by atoms with E-state index in [-0.39, 0.29) is 5.78 Å². The van der Waals surface area contributed by atoms with Gasteiger partial charge in [-0.2, -0.15) is 0 Å². The van der Waals surface area contributed by atoms with E-state index >= 15 is 0 Å². The average Bonchev–Trinajstić information content (AvgIpc) is 3.28. The van der Waals surface area contributed by atoms with E-state index in [0.717, 1.165) is 60.5 Å². The number of benzene rings is 1. The number of aryl methyl sites for hydroxylation is 2. The maximum atomic E-state index is 12.6. The molecule has 1 aromatic carbocycles. The van der Waals surface area contributed by atoms with Crippen LogP contribution in [0, 0.1) is 20.8 Å². The zero-order chi connectivity index (χ0) is 20.4. The Morgan fingerprint density at radius 2 is 1.79 bits per heavy atom. The maximum absolute atomic E-state index is 12.6. The van der Waals surface area contributed by atoms with E-state index in [4.69, 9.17) is 9.26 Å². The maximum Gasteiger partial charge on any atom is 0.185 e. The Balaban J connectivity index is 1.50. The first-order chi connectivity index (χ1) is 14.0. The number of ketones is 1. The number of nitrogens with zero attached hydrogens (tertiary/aromatic N) is 3. The molecule has 0 radical (unpaired) electrons. The Labute approximate surface area is 170 Å². The Morgan fingerprint density at radius 1 is 1.07 bits per heavy atom. The number of hydrogen-bond acceptors (Lipinski definition) is 5. The summed E-state index contributed by atoms with van der Waals surface area (Å²) in [4.78, 5) is 14.9. The van der Waals surface area contributed by atoms with Crippen molar-refractivity contribution in [3.05, 3.63) is 70.7 Å². The number of aromatic nitrogens is 2. The van der Waals surface area contributed by atoms with Crippen molar-refractivity contribution >= 4 is 17.5 Å². The third-order valence-corrected chi connectivity index (χ3v) is 5.26. The zero-order valence-corrected chi connectivity index (χ0v) is 17.0. The summed E-state index contributed by atoms with van der Waals surface area (Å²) in [7, 11) is 0. The third kappa shape index (κ3) is 4.03.